The third kappa shape index (κ3) is 3.98. The first-order chi connectivity index (χ1) is 13.0. The number of aryl methyl sites for hydroxylation is 1. The molecule has 0 spiro atoms. The number of hydrogen-bond donors (Lipinski definition) is 1. The maximum absolute atomic E-state index is 14.5. The van der Waals surface area contributed by atoms with E-state index in [4.69, 9.17) is 0 Å². The normalized spacial score (nSPS) is 10.3. The van der Waals surface area contributed by atoms with E-state index in [9.17, 15) is 18.4 Å². The molecule has 27 heavy (non-hydrogen) atoms. The standard InChI is InChI=1S/C20H14F2N2O3/c1-12-4-2-5-13(8-12)14-9-15(21)18(16(22)10-14)24-20(26)19-17(27-11-25)6-3-7-23-19/h2-11H,1H3,(H,24,26). The molecule has 0 unspecified atom stereocenters. The number of ether oxygens (including phenoxy) is 1. The van der Waals surface area contributed by atoms with Gasteiger partial charge in [-0.15, -0.1) is 0 Å². The van der Waals surface area contributed by atoms with Gasteiger partial charge in [0.25, 0.3) is 12.4 Å². The predicted molar refractivity (Wildman–Crippen MR) is 95.4 cm³/mol. The molecule has 1 heterocycles. The maximum atomic E-state index is 14.5. The number of nitrogens with zero attached hydrogens (tertiary/aromatic N) is 1. The number of benzene rings is 2. The summed E-state index contributed by atoms with van der Waals surface area (Å²) in [4.78, 5) is 26.6. The van der Waals surface area contributed by atoms with Gasteiger partial charge in [-0.3, -0.25) is 9.59 Å². The van der Waals surface area contributed by atoms with Crippen LogP contribution in [-0.4, -0.2) is 17.4 Å². The Balaban J connectivity index is 1.92. The molecule has 0 saturated carbocycles. The molecule has 0 saturated heterocycles. The molecule has 1 N–H and O–H groups in total. The van der Waals surface area contributed by atoms with E-state index in [1.165, 1.54) is 18.3 Å². The summed E-state index contributed by atoms with van der Waals surface area (Å²) < 4.78 is 33.6. The first-order valence-corrected chi connectivity index (χ1v) is 7.92. The van der Waals surface area contributed by atoms with E-state index < -0.39 is 23.2 Å². The third-order valence-corrected chi connectivity index (χ3v) is 3.79. The third-order valence-electron chi connectivity index (χ3n) is 3.79. The predicted octanol–water partition coefficient (Wildman–Crippen LogP) is 4.12. The number of nitrogens with one attached hydrogen (secondary N) is 1. The molecule has 7 heteroatoms. The van der Waals surface area contributed by atoms with Crippen LogP contribution in [0.3, 0.4) is 0 Å². The summed E-state index contributed by atoms with van der Waals surface area (Å²) in [6.45, 7) is 2.00. The summed E-state index contributed by atoms with van der Waals surface area (Å²) in [6, 6.07) is 12.2. The van der Waals surface area contributed by atoms with Crippen molar-refractivity contribution in [3.05, 3.63) is 77.6 Å². The summed E-state index contributed by atoms with van der Waals surface area (Å²) >= 11 is 0. The van der Waals surface area contributed by atoms with Crippen molar-refractivity contribution in [2.75, 3.05) is 5.32 Å². The van der Waals surface area contributed by atoms with E-state index >= 15 is 0 Å². The number of aromatic nitrogens is 1. The van der Waals surface area contributed by atoms with Crippen LogP contribution in [-0.2, 0) is 4.79 Å². The lowest BCUT2D eigenvalue weighted by molar-refractivity contribution is -0.120. The Morgan fingerprint density at radius 3 is 2.48 bits per heavy atom. The number of carbonyl (C=O) groups excluding carboxylic acids is 2. The first-order valence-electron chi connectivity index (χ1n) is 7.92. The zero-order chi connectivity index (χ0) is 19.4. The van der Waals surface area contributed by atoms with Crippen LogP contribution in [0.25, 0.3) is 11.1 Å². The SMILES string of the molecule is Cc1cccc(-c2cc(F)c(NC(=O)c3ncccc3OC=O)c(F)c2)c1. The molecular weight excluding hydrogens is 354 g/mol. The van der Waals surface area contributed by atoms with Crippen LogP contribution in [0.5, 0.6) is 5.75 Å². The van der Waals surface area contributed by atoms with Gasteiger partial charge in [-0.2, -0.15) is 0 Å². The Labute approximate surface area is 153 Å². The Morgan fingerprint density at radius 2 is 1.81 bits per heavy atom. The second kappa shape index (κ2) is 7.74. The fourth-order valence-electron chi connectivity index (χ4n) is 2.56. The molecule has 0 atom stereocenters. The molecule has 0 aliphatic carbocycles. The molecule has 2 aromatic carbocycles. The van der Waals surface area contributed by atoms with Crippen molar-refractivity contribution in [1.82, 2.24) is 4.98 Å². The minimum atomic E-state index is -0.936. The van der Waals surface area contributed by atoms with Gasteiger partial charge in [0.1, 0.15) is 17.3 Å². The monoisotopic (exact) mass is 368 g/mol. The Bertz CT molecular complexity index is 999. The van der Waals surface area contributed by atoms with E-state index in [1.807, 2.05) is 13.0 Å². The molecule has 0 aliphatic rings. The first kappa shape index (κ1) is 18.2. The molecule has 3 rings (SSSR count). The van der Waals surface area contributed by atoms with Crippen LogP contribution < -0.4 is 10.1 Å². The van der Waals surface area contributed by atoms with Gasteiger partial charge in [0.15, 0.2) is 11.4 Å². The second-order valence-corrected chi connectivity index (χ2v) is 5.70. The van der Waals surface area contributed by atoms with E-state index in [0.717, 1.165) is 17.7 Å². The van der Waals surface area contributed by atoms with E-state index in [1.54, 1.807) is 18.2 Å². The smallest absolute Gasteiger partial charge is 0.298 e. The largest absolute Gasteiger partial charge is 0.426 e. The zero-order valence-corrected chi connectivity index (χ0v) is 14.2. The Kier molecular flexibility index (Phi) is 5.21. The summed E-state index contributed by atoms with van der Waals surface area (Å²) in [5.41, 5.74) is 1.06. The lowest BCUT2D eigenvalue weighted by atomic mass is 10.0. The van der Waals surface area contributed by atoms with E-state index in [2.05, 4.69) is 15.0 Å². The van der Waals surface area contributed by atoms with Crippen molar-refractivity contribution in [2.24, 2.45) is 0 Å². The molecule has 0 aliphatic heterocycles. The summed E-state index contributed by atoms with van der Waals surface area (Å²) in [5, 5.41) is 2.14. The molecule has 0 fully saturated rings. The van der Waals surface area contributed by atoms with Gasteiger partial charge < -0.3 is 10.1 Å². The van der Waals surface area contributed by atoms with Gasteiger partial charge in [-0.05, 0) is 42.3 Å². The zero-order valence-electron chi connectivity index (χ0n) is 14.2. The lowest BCUT2D eigenvalue weighted by Crippen LogP contribution is -2.17. The second-order valence-electron chi connectivity index (χ2n) is 5.70. The van der Waals surface area contributed by atoms with Crippen LogP contribution in [0.1, 0.15) is 16.1 Å². The highest BCUT2D eigenvalue weighted by molar-refractivity contribution is 6.05. The minimum Gasteiger partial charge on any atom is -0.426 e. The van der Waals surface area contributed by atoms with Gasteiger partial charge in [-0.1, -0.05) is 29.8 Å². The van der Waals surface area contributed by atoms with Crippen molar-refractivity contribution < 1.29 is 23.1 Å². The average Bonchev–Trinajstić information content (AvgIpc) is 2.65. The topological polar surface area (TPSA) is 68.3 Å². The molecule has 3 aromatic rings. The number of pyridine rings is 1. The molecule has 1 amide bonds. The van der Waals surface area contributed by atoms with Gasteiger partial charge >= 0.3 is 0 Å². The number of rotatable bonds is 5. The highest BCUT2D eigenvalue weighted by atomic mass is 19.1. The van der Waals surface area contributed by atoms with Crippen molar-refractivity contribution in [1.29, 1.82) is 0 Å². The number of amides is 1. The summed E-state index contributed by atoms with van der Waals surface area (Å²) in [7, 11) is 0. The van der Waals surface area contributed by atoms with Crippen molar-refractivity contribution in [2.45, 2.75) is 6.92 Å². The van der Waals surface area contributed by atoms with Crippen LogP contribution >= 0.6 is 0 Å². The highest BCUT2D eigenvalue weighted by Crippen LogP contribution is 2.28. The van der Waals surface area contributed by atoms with Gasteiger partial charge in [-0.25, -0.2) is 13.8 Å². The maximum Gasteiger partial charge on any atom is 0.298 e. The quantitative estimate of drug-likeness (QED) is 0.688. The van der Waals surface area contributed by atoms with Crippen LogP contribution in [0, 0.1) is 18.6 Å². The Morgan fingerprint density at radius 1 is 1.07 bits per heavy atom. The molecule has 136 valence electrons. The molecular formula is C20H14F2N2O3. The van der Waals surface area contributed by atoms with Gasteiger partial charge in [0, 0.05) is 6.20 Å². The van der Waals surface area contributed by atoms with E-state index in [0.29, 0.717) is 11.1 Å². The van der Waals surface area contributed by atoms with Crippen molar-refractivity contribution in [3.63, 3.8) is 0 Å². The summed E-state index contributed by atoms with van der Waals surface area (Å²) in [6.07, 6.45) is 1.29. The molecule has 0 radical (unpaired) electrons. The van der Waals surface area contributed by atoms with E-state index in [-0.39, 0.29) is 17.9 Å². The molecule has 0 bridgehead atoms. The number of carbonyl (C=O) groups is 2. The van der Waals surface area contributed by atoms with Gasteiger partial charge in [0.05, 0.1) is 0 Å². The van der Waals surface area contributed by atoms with Crippen LogP contribution in [0.4, 0.5) is 14.5 Å². The van der Waals surface area contributed by atoms with Crippen LogP contribution in [0.2, 0.25) is 0 Å². The van der Waals surface area contributed by atoms with Crippen molar-refractivity contribution in [3.8, 4) is 16.9 Å². The summed E-state index contributed by atoms with van der Waals surface area (Å²) in [5.74, 6) is -2.90. The highest BCUT2D eigenvalue weighted by Gasteiger charge is 2.19. The van der Waals surface area contributed by atoms with Gasteiger partial charge in [0.2, 0.25) is 0 Å². The molecule has 5 nitrogen and oxygen atoms in total. The minimum absolute atomic E-state index is 0.123. The fourth-order valence-corrected chi connectivity index (χ4v) is 2.56. The van der Waals surface area contributed by atoms with Crippen LogP contribution in [0.15, 0.2) is 54.7 Å². The lowest BCUT2D eigenvalue weighted by Gasteiger charge is -2.11. The molecule has 1 aromatic heterocycles. The Hall–Kier alpha value is -3.61. The number of anilines is 1. The average molecular weight is 368 g/mol. The number of hydrogen-bond acceptors (Lipinski definition) is 4. The fraction of sp³-hybridized carbons (Fsp3) is 0.0500. The van der Waals surface area contributed by atoms with Crippen molar-refractivity contribution >= 4 is 18.1 Å². The number of halogens is 2.